The molecule has 0 aliphatic heterocycles. The number of hydrogen-bond acceptors (Lipinski definition) is 4. The number of pyridine rings is 1. The molecule has 0 unspecified atom stereocenters. The Morgan fingerprint density at radius 2 is 1.83 bits per heavy atom. The predicted octanol–water partition coefficient (Wildman–Crippen LogP) is 2.03. The molecule has 0 radical (unpaired) electrons. The van der Waals surface area contributed by atoms with Gasteiger partial charge in [-0.15, -0.1) is 5.10 Å². The van der Waals surface area contributed by atoms with E-state index in [1.54, 1.807) is 18.5 Å². The first-order chi connectivity index (χ1) is 8.86. The molecule has 0 spiro atoms. The van der Waals surface area contributed by atoms with Gasteiger partial charge in [-0.3, -0.25) is 4.98 Å². The van der Waals surface area contributed by atoms with Gasteiger partial charge in [-0.25, -0.2) is 0 Å². The molecule has 18 heavy (non-hydrogen) atoms. The third kappa shape index (κ3) is 1.71. The summed E-state index contributed by atoms with van der Waals surface area (Å²) in [6, 6.07) is 13.0. The Morgan fingerprint density at radius 3 is 2.56 bits per heavy atom. The summed E-state index contributed by atoms with van der Waals surface area (Å²) in [4.78, 5) is 4.00. The molecular weight excluding hydrogens is 228 g/mol. The first kappa shape index (κ1) is 10.5. The third-order valence-electron chi connectivity index (χ3n) is 2.58. The van der Waals surface area contributed by atoms with Crippen molar-refractivity contribution in [2.75, 3.05) is 0 Å². The van der Waals surface area contributed by atoms with Crippen LogP contribution < -0.4 is 0 Å². The van der Waals surface area contributed by atoms with Crippen molar-refractivity contribution in [2.45, 2.75) is 0 Å². The lowest BCUT2D eigenvalue weighted by Crippen LogP contribution is -1.95. The topological polar surface area (TPSA) is 63.8 Å². The lowest BCUT2D eigenvalue weighted by molar-refractivity contribution is 0.435. The first-order valence-electron chi connectivity index (χ1n) is 5.47. The van der Waals surface area contributed by atoms with Gasteiger partial charge in [0.1, 0.15) is 0 Å². The van der Waals surface area contributed by atoms with Crippen molar-refractivity contribution in [1.82, 2.24) is 20.0 Å². The highest BCUT2D eigenvalue weighted by Gasteiger charge is 2.14. The number of hydrogen-bond donors (Lipinski definition) is 1. The SMILES string of the molecule is Oc1c(-c2cccnc2)nnn1-c1ccccc1. The number of aromatic nitrogens is 4. The number of benzene rings is 1. The summed E-state index contributed by atoms with van der Waals surface area (Å²) in [5, 5.41) is 18.1. The van der Waals surface area contributed by atoms with Crippen LogP contribution in [0.2, 0.25) is 0 Å². The van der Waals surface area contributed by atoms with E-state index in [1.807, 2.05) is 36.4 Å². The van der Waals surface area contributed by atoms with E-state index >= 15 is 0 Å². The van der Waals surface area contributed by atoms with Gasteiger partial charge in [0.05, 0.1) is 5.69 Å². The summed E-state index contributed by atoms with van der Waals surface area (Å²) in [6.07, 6.45) is 3.31. The van der Waals surface area contributed by atoms with Gasteiger partial charge in [0.2, 0.25) is 5.88 Å². The maximum atomic E-state index is 10.1. The van der Waals surface area contributed by atoms with Crippen molar-refractivity contribution in [3.05, 3.63) is 54.9 Å². The maximum absolute atomic E-state index is 10.1. The smallest absolute Gasteiger partial charge is 0.243 e. The van der Waals surface area contributed by atoms with Gasteiger partial charge in [0.25, 0.3) is 0 Å². The lowest BCUT2D eigenvalue weighted by atomic mass is 10.2. The monoisotopic (exact) mass is 238 g/mol. The molecule has 5 heteroatoms. The standard InChI is InChI=1S/C13H10N4O/c18-13-12(10-5-4-8-14-9-10)15-16-17(13)11-6-2-1-3-7-11/h1-9,18H. The van der Waals surface area contributed by atoms with E-state index in [4.69, 9.17) is 0 Å². The highest BCUT2D eigenvalue weighted by Crippen LogP contribution is 2.27. The molecule has 0 saturated heterocycles. The van der Waals surface area contributed by atoms with E-state index in [-0.39, 0.29) is 5.88 Å². The molecule has 0 bridgehead atoms. The molecule has 2 aromatic heterocycles. The molecule has 1 N–H and O–H groups in total. The molecule has 0 saturated carbocycles. The van der Waals surface area contributed by atoms with Crippen LogP contribution in [-0.4, -0.2) is 25.1 Å². The van der Waals surface area contributed by atoms with Crippen LogP contribution in [0.3, 0.4) is 0 Å². The van der Waals surface area contributed by atoms with Crippen LogP contribution in [0.25, 0.3) is 16.9 Å². The molecule has 3 aromatic rings. The van der Waals surface area contributed by atoms with E-state index in [1.165, 1.54) is 4.68 Å². The fourth-order valence-corrected chi connectivity index (χ4v) is 1.71. The van der Waals surface area contributed by atoms with E-state index < -0.39 is 0 Å². The molecule has 5 nitrogen and oxygen atoms in total. The zero-order valence-electron chi connectivity index (χ0n) is 9.43. The normalized spacial score (nSPS) is 10.4. The molecule has 3 rings (SSSR count). The highest BCUT2D eigenvalue weighted by atomic mass is 16.3. The van der Waals surface area contributed by atoms with Crippen LogP contribution in [0.4, 0.5) is 0 Å². The molecule has 2 heterocycles. The molecule has 88 valence electrons. The van der Waals surface area contributed by atoms with Crippen molar-refractivity contribution < 1.29 is 5.11 Å². The minimum atomic E-state index is 0.00852. The number of para-hydroxylation sites is 1. The van der Waals surface area contributed by atoms with Gasteiger partial charge >= 0.3 is 0 Å². The Hall–Kier alpha value is -2.69. The second-order valence-electron chi connectivity index (χ2n) is 3.75. The maximum Gasteiger partial charge on any atom is 0.243 e. The van der Waals surface area contributed by atoms with Crippen LogP contribution in [0.15, 0.2) is 54.9 Å². The van der Waals surface area contributed by atoms with Gasteiger partial charge in [-0.1, -0.05) is 23.4 Å². The Bertz CT molecular complexity index is 592. The Kier molecular flexibility index (Phi) is 2.49. The van der Waals surface area contributed by atoms with Crippen molar-refractivity contribution in [3.63, 3.8) is 0 Å². The molecule has 1 aromatic carbocycles. The fraction of sp³-hybridized carbons (Fsp3) is 0. The van der Waals surface area contributed by atoms with Gasteiger partial charge in [-0.05, 0) is 24.3 Å². The number of aromatic hydroxyl groups is 1. The van der Waals surface area contributed by atoms with E-state index in [0.29, 0.717) is 5.69 Å². The van der Waals surface area contributed by atoms with Crippen molar-refractivity contribution in [2.24, 2.45) is 0 Å². The minimum Gasteiger partial charge on any atom is -0.492 e. The van der Waals surface area contributed by atoms with Crippen LogP contribution in [0, 0.1) is 0 Å². The highest BCUT2D eigenvalue weighted by molar-refractivity contribution is 5.63. The van der Waals surface area contributed by atoms with Crippen LogP contribution in [0.5, 0.6) is 5.88 Å². The predicted molar refractivity (Wildman–Crippen MR) is 66.3 cm³/mol. The number of rotatable bonds is 2. The minimum absolute atomic E-state index is 0.00852. The summed E-state index contributed by atoms with van der Waals surface area (Å²) < 4.78 is 1.39. The quantitative estimate of drug-likeness (QED) is 0.742. The van der Waals surface area contributed by atoms with Crippen molar-refractivity contribution >= 4 is 0 Å². The molecule has 0 fully saturated rings. The summed E-state index contributed by atoms with van der Waals surface area (Å²) in [6.45, 7) is 0. The summed E-state index contributed by atoms with van der Waals surface area (Å²) in [5.41, 5.74) is 1.92. The molecular formula is C13H10N4O. The Labute approximate surface area is 103 Å². The average Bonchev–Trinajstić information content (AvgIpc) is 2.83. The number of nitrogens with zero attached hydrogens (tertiary/aromatic N) is 4. The zero-order valence-corrected chi connectivity index (χ0v) is 9.43. The summed E-state index contributed by atoms with van der Waals surface area (Å²) in [7, 11) is 0. The van der Waals surface area contributed by atoms with Crippen molar-refractivity contribution in [1.29, 1.82) is 0 Å². The summed E-state index contributed by atoms with van der Waals surface area (Å²) in [5.74, 6) is 0.00852. The zero-order chi connectivity index (χ0) is 12.4. The van der Waals surface area contributed by atoms with Gasteiger partial charge in [0.15, 0.2) is 5.69 Å². The van der Waals surface area contributed by atoms with Crippen LogP contribution in [0.1, 0.15) is 0 Å². The molecule has 0 atom stereocenters. The van der Waals surface area contributed by atoms with Crippen molar-refractivity contribution in [3.8, 4) is 22.8 Å². The molecule has 0 aliphatic rings. The van der Waals surface area contributed by atoms with Gasteiger partial charge < -0.3 is 5.11 Å². The van der Waals surface area contributed by atoms with Gasteiger partial charge in [0, 0.05) is 18.0 Å². The van der Waals surface area contributed by atoms with E-state index in [2.05, 4.69) is 15.3 Å². The van der Waals surface area contributed by atoms with Gasteiger partial charge in [-0.2, -0.15) is 4.68 Å². The van der Waals surface area contributed by atoms with E-state index in [0.717, 1.165) is 11.3 Å². The largest absolute Gasteiger partial charge is 0.492 e. The fourth-order valence-electron chi connectivity index (χ4n) is 1.71. The lowest BCUT2D eigenvalue weighted by Gasteiger charge is -2.01. The average molecular weight is 238 g/mol. The van der Waals surface area contributed by atoms with Crippen LogP contribution in [-0.2, 0) is 0 Å². The molecule has 0 amide bonds. The molecule has 0 aliphatic carbocycles. The third-order valence-corrected chi connectivity index (χ3v) is 2.58. The second-order valence-corrected chi connectivity index (χ2v) is 3.75. The Morgan fingerprint density at radius 1 is 1.00 bits per heavy atom. The Balaban J connectivity index is 2.09. The first-order valence-corrected chi connectivity index (χ1v) is 5.47. The summed E-state index contributed by atoms with van der Waals surface area (Å²) >= 11 is 0. The second kappa shape index (κ2) is 4.29. The van der Waals surface area contributed by atoms with E-state index in [9.17, 15) is 5.11 Å². The van der Waals surface area contributed by atoms with Crippen LogP contribution >= 0.6 is 0 Å².